The van der Waals surface area contributed by atoms with Gasteiger partial charge in [0.1, 0.15) is 7.85 Å². The van der Waals surface area contributed by atoms with E-state index in [0.29, 0.717) is 13.0 Å². The second kappa shape index (κ2) is 6.30. The maximum absolute atomic E-state index is 14.8. The molecule has 124 valence electrons. The molecule has 0 bridgehead atoms. The predicted octanol–water partition coefficient (Wildman–Crippen LogP) is 2.51. The first-order chi connectivity index (χ1) is 11.0. The van der Waals surface area contributed by atoms with Gasteiger partial charge < -0.3 is 10.2 Å². The topological polar surface area (TPSA) is 32.3 Å². The van der Waals surface area contributed by atoms with Crippen LogP contribution in [0.5, 0.6) is 0 Å². The van der Waals surface area contributed by atoms with Crippen molar-refractivity contribution in [1.29, 1.82) is 0 Å². The fraction of sp³-hybridized carbons (Fsp3) is 0.500. The summed E-state index contributed by atoms with van der Waals surface area (Å²) in [5, 5.41) is 2.73. The number of rotatable bonds is 5. The van der Waals surface area contributed by atoms with E-state index in [1.54, 1.807) is 4.90 Å². The average molecular weight is 324 g/mol. The highest BCUT2D eigenvalue weighted by Crippen LogP contribution is 2.37. The summed E-state index contributed by atoms with van der Waals surface area (Å²) in [5.74, 6) is -0.222. The highest BCUT2D eigenvalue weighted by atomic mass is 19.1. The summed E-state index contributed by atoms with van der Waals surface area (Å²) in [4.78, 5) is 13.4. The van der Waals surface area contributed by atoms with Gasteiger partial charge in [0.25, 0.3) is 0 Å². The Labute approximate surface area is 146 Å². The Balaban J connectivity index is 2.32. The van der Waals surface area contributed by atoms with E-state index in [9.17, 15) is 9.18 Å². The Morgan fingerprint density at radius 1 is 1.42 bits per heavy atom. The number of alkyl halides is 1. The molecule has 2 atom stereocenters. The number of carbonyl (C=O) groups excluding carboxylic acids is 1. The standard InChI is InChI=1S/C18H23B2FN2O/c1-5-15(24)23-10-9-18(12-23,17(4,20)21)22-14-8-6-7-13(11-14)16(2,3)19/h5-8,11,22H,1,9-10,12H2,2-4H3. The van der Waals surface area contributed by atoms with Gasteiger partial charge in [0.15, 0.2) is 0 Å². The number of hydrogen-bond acceptors (Lipinski definition) is 2. The molecular formula is C18H23B2FN2O. The Morgan fingerprint density at radius 3 is 2.62 bits per heavy atom. The van der Waals surface area contributed by atoms with Crippen LogP contribution in [0.15, 0.2) is 36.9 Å². The molecule has 2 unspecified atom stereocenters. The molecule has 1 aromatic carbocycles. The fourth-order valence-electron chi connectivity index (χ4n) is 3.02. The van der Waals surface area contributed by atoms with Crippen molar-refractivity contribution in [2.75, 3.05) is 18.4 Å². The molecule has 0 aliphatic carbocycles. The molecular weight excluding hydrogens is 301 g/mol. The lowest BCUT2D eigenvalue weighted by atomic mass is 9.67. The zero-order chi connectivity index (χ0) is 18.2. The lowest BCUT2D eigenvalue weighted by molar-refractivity contribution is -0.125. The molecule has 0 aromatic heterocycles. The van der Waals surface area contributed by atoms with E-state index in [0.717, 1.165) is 11.3 Å². The molecule has 2 rings (SSSR count). The molecule has 1 aromatic rings. The maximum Gasteiger partial charge on any atom is 0.246 e. The van der Waals surface area contributed by atoms with Crippen molar-refractivity contribution in [2.24, 2.45) is 0 Å². The third-order valence-electron chi connectivity index (χ3n) is 4.68. The van der Waals surface area contributed by atoms with E-state index in [1.807, 2.05) is 38.1 Å². The molecule has 1 aliphatic rings. The predicted molar refractivity (Wildman–Crippen MR) is 98.2 cm³/mol. The summed E-state index contributed by atoms with van der Waals surface area (Å²) in [5.41, 5.74) is -1.41. The molecule has 1 aliphatic heterocycles. The Morgan fingerprint density at radius 2 is 2.08 bits per heavy atom. The minimum Gasteiger partial charge on any atom is -0.375 e. The van der Waals surface area contributed by atoms with Crippen molar-refractivity contribution in [1.82, 2.24) is 4.90 Å². The summed E-state index contributed by atoms with van der Waals surface area (Å²) in [6.07, 6.45) is 1.64. The third-order valence-corrected chi connectivity index (χ3v) is 4.68. The van der Waals surface area contributed by atoms with Crippen LogP contribution in [0.3, 0.4) is 0 Å². The quantitative estimate of drug-likeness (QED) is 0.667. The molecule has 3 nitrogen and oxygen atoms in total. The molecule has 1 amide bonds. The van der Waals surface area contributed by atoms with E-state index in [-0.39, 0.29) is 12.5 Å². The molecule has 0 saturated carbocycles. The first kappa shape index (κ1) is 18.6. The Bertz CT molecular complexity index is 637. The second-order valence-electron chi connectivity index (χ2n) is 7.30. The summed E-state index contributed by atoms with van der Waals surface area (Å²) in [7, 11) is 12.0. The normalized spacial score (nSPS) is 23.6. The van der Waals surface area contributed by atoms with Crippen LogP contribution in [-0.2, 0) is 10.1 Å². The lowest BCUT2D eigenvalue weighted by Gasteiger charge is -2.40. The summed E-state index contributed by atoms with van der Waals surface area (Å²) in [6, 6.07) is 7.54. The van der Waals surface area contributed by atoms with E-state index in [4.69, 9.17) is 15.7 Å². The van der Waals surface area contributed by atoms with Gasteiger partial charge in [-0.15, -0.1) is 0 Å². The van der Waals surface area contributed by atoms with E-state index in [2.05, 4.69) is 11.9 Å². The van der Waals surface area contributed by atoms with E-state index >= 15 is 0 Å². The first-order valence-corrected chi connectivity index (χ1v) is 8.05. The minimum absolute atomic E-state index is 0.178. The molecule has 0 spiro atoms. The minimum atomic E-state index is -2.00. The van der Waals surface area contributed by atoms with Crippen molar-refractivity contribution in [2.45, 2.75) is 43.6 Å². The van der Waals surface area contributed by atoms with Crippen LogP contribution in [-0.4, -0.2) is 50.7 Å². The van der Waals surface area contributed by atoms with Gasteiger partial charge in [0.2, 0.25) is 5.91 Å². The van der Waals surface area contributed by atoms with Gasteiger partial charge >= 0.3 is 0 Å². The zero-order valence-corrected chi connectivity index (χ0v) is 14.6. The van der Waals surface area contributed by atoms with Gasteiger partial charge in [-0.05, 0) is 42.4 Å². The number of likely N-dealkylation sites (tertiary alicyclic amines) is 1. The van der Waals surface area contributed by atoms with Crippen LogP contribution in [0.4, 0.5) is 10.1 Å². The molecule has 1 N–H and O–H groups in total. The summed E-state index contributed by atoms with van der Waals surface area (Å²) < 4.78 is 14.8. The maximum atomic E-state index is 14.8. The largest absolute Gasteiger partial charge is 0.375 e. The molecule has 1 saturated heterocycles. The van der Waals surface area contributed by atoms with Gasteiger partial charge in [-0.2, -0.15) is 0 Å². The van der Waals surface area contributed by atoms with E-state index in [1.165, 1.54) is 13.0 Å². The Kier molecular flexibility index (Phi) is 4.89. The number of halogens is 1. The van der Waals surface area contributed by atoms with Gasteiger partial charge in [0.05, 0.1) is 19.0 Å². The van der Waals surface area contributed by atoms with Crippen LogP contribution < -0.4 is 5.32 Å². The van der Waals surface area contributed by atoms with Crippen molar-refractivity contribution in [3.63, 3.8) is 0 Å². The molecule has 4 radical (unpaired) electrons. The number of hydrogen-bond donors (Lipinski definition) is 1. The molecule has 24 heavy (non-hydrogen) atoms. The first-order valence-electron chi connectivity index (χ1n) is 8.05. The van der Waals surface area contributed by atoms with Crippen molar-refractivity contribution >= 4 is 27.3 Å². The monoisotopic (exact) mass is 324 g/mol. The number of amides is 1. The molecule has 1 heterocycles. The van der Waals surface area contributed by atoms with Crippen LogP contribution in [0.1, 0.15) is 32.8 Å². The smallest absolute Gasteiger partial charge is 0.246 e. The average Bonchev–Trinajstić information content (AvgIpc) is 2.91. The number of benzene rings is 1. The lowest BCUT2D eigenvalue weighted by Crippen LogP contribution is -2.57. The van der Waals surface area contributed by atoms with Gasteiger partial charge in [0, 0.05) is 18.8 Å². The Hall–Kier alpha value is -1.71. The van der Waals surface area contributed by atoms with Crippen LogP contribution in [0.25, 0.3) is 0 Å². The molecule has 6 heteroatoms. The van der Waals surface area contributed by atoms with Crippen LogP contribution in [0, 0.1) is 0 Å². The molecule has 1 fully saturated rings. The number of carbonyl (C=O) groups is 1. The van der Waals surface area contributed by atoms with Crippen molar-refractivity contribution in [3.8, 4) is 0 Å². The number of nitrogens with zero attached hydrogens (tertiary/aromatic N) is 1. The summed E-state index contributed by atoms with van der Waals surface area (Å²) in [6.45, 7) is 9.24. The number of anilines is 1. The van der Waals surface area contributed by atoms with E-state index < -0.39 is 16.4 Å². The fourth-order valence-corrected chi connectivity index (χ4v) is 3.02. The summed E-state index contributed by atoms with van der Waals surface area (Å²) >= 11 is 0. The third kappa shape index (κ3) is 3.68. The van der Waals surface area contributed by atoms with Crippen LogP contribution in [0.2, 0.25) is 0 Å². The van der Waals surface area contributed by atoms with Crippen molar-refractivity contribution in [3.05, 3.63) is 42.5 Å². The zero-order valence-electron chi connectivity index (χ0n) is 14.6. The van der Waals surface area contributed by atoms with Gasteiger partial charge in [-0.25, -0.2) is 0 Å². The van der Waals surface area contributed by atoms with Crippen molar-refractivity contribution < 1.29 is 9.18 Å². The van der Waals surface area contributed by atoms with Crippen LogP contribution >= 0.6 is 0 Å². The highest BCUT2D eigenvalue weighted by Gasteiger charge is 2.50. The number of nitrogens with one attached hydrogen (secondary N) is 1. The van der Waals surface area contributed by atoms with Gasteiger partial charge in [-0.3, -0.25) is 9.18 Å². The highest BCUT2D eigenvalue weighted by molar-refractivity contribution is 6.16. The second-order valence-corrected chi connectivity index (χ2v) is 7.30. The SMILES string of the molecule is [B]C(C)(C)c1cccc(NC2(C([B])(C)F)CCN(C(=O)C=C)C2)c1. The van der Waals surface area contributed by atoms with Gasteiger partial charge in [-0.1, -0.05) is 32.6 Å².